The van der Waals surface area contributed by atoms with E-state index in [1.165, 1.54) is 4.90 Å². The first-order valence-corrected chi connectivity index (χ1v) is 6.44. The summed E-state index contributed by atoms with van der Waals surface area (Å²) in [7, 11) is 1.62. The quantitative estimate of drug-likeness (QED) is 0.701. The van der Waals surface area contributed by atoms with E-state index in [1.54, 1.807) is 12.0 Å². The molecular formula is C13H22N2O3. The first kappa shape index (κ1) is 13.3. The summed E-state index contributed by atoms with van der Waals surface area (Å²) in [5.74, 6) is -0.0676. The molecule has 2 aliphatic heterocycles. The molecule has 2 rings (SSSR count). The number of nitrogens with zero attached hydrogens (tertiary/aromatic N) is 2. The molecule has 2 heterocycles. The third-order valence-electron chi connectivity index (χ3n) is 4.21. The molecule has 0 aliphatic carbocycles. The van der Waals surface area contributed by atoms with Crippen molar-refractivity contribution >= 4 is 11.9 Å². The molecule has 0 spiro atoms. The van der Waals surface area contributed by atoms with Gasteiger partial charge >= 0.3 is 6.03 Å². The lowest BCUT2D eigenvalue weighted by Crippen LogP contribution is -2.47. The second-order valence-corrected chi connectivity index (χ2v) is 6.29. The molecule has 0 saturated carbocycles. The average Bonchev–Trinajstić information content (AvgIpc) is 2.78. The molecule has 0 aromatic rings. The molecule has 5 heteroatoms. The van der Waals surface area contributed by atoms with Crippen LogP contribution in [0.5, 0.6) is 0 Å². The van der Waals surface area contributed by atoms with Crippen LogP contribution < -0.4 is 0 Å². The third kappa shape index (κ3) is 1.90. The summed E-state index contributed by atoms with van der Waals surface area (Å²) in [5, 5.41) is 0. The van der Waals surface area contributed by atoms with E-state index < -0.39 is 0 Å². The number of fused-ring (bicyclic) bond motifs is 1. The van der Waals surface area contributed by atoms with Crippen molar-refractivity contribution in [1.29, 1.82) is 0 Å². The molecule has 2 saturated heterocycles. The van der Waals surface area contributed by atoms with Gasteiger partial charge in [-0.3, -0.25) is 9.69 Å². The summed E-state index contributed by atoms with van der Waals surface area (Å²) < 4.78 is 5.24. The van der Waals surface area contributed by atoms with Crippen LogP contribution in [0.25, 0.3) is 0 Å². The van der Waals surface area contributed by atoms with Gasteiger partial charge in [0.2, 0.25) is 0 Å². The van der Waals surface area contributed by atoms with Gasteiger partial charge in [0.15, 0.2) is 0 Å². The first-order valence-electron chi connectivity index (χ1n) is 6.44. The van der Waals surface area contributed by atoms with Gasteiger partial charge < -0.3 is 9.64 Å². The van der Waals surface area contributed by atoms with Crippen LogP contribution in [-0.4, -0.2) is 53.6 Å². The molecule has 0 aromatic carbocycles. The lowest BCUT2D eigenvalue weighted by Gasteiger charge is -2.33. The van der Waals surface area contributed by atoms with E-state index in [0.29, 0.717) is 13.0 Å². The normalized spacial score (nSPS) is 30.1. The molecular weight excluding hydrogens is 232 g/mol. The Labute approximate surface area is 108 Å². The first-order chi connectivity index (χ1) is 8.27. The number of hydrogen-bond donors (Lipinski definition) is 0. The summed E-state index contributed by atoms with van der Waals surface area (Å²) in [5.41, 5.74) is -0.105. The van der Waals surface area contributed by atoms with Gasteiger partial charge in [-0.2, -0.15) is 0 Å². The summed E-state index contributed by atoms with van der Waals surface area (Å²) in [6, 6.07) is -0.566. The van der Waals surface area contributed by atoms with Gasteiger partial charge in [0, 0.05) is 26.1 Å². The standard InChI is InChI=1S/C13H22N2O3/c1-8(13(2,3)4)15-11(16)10-6-9(18-5)7-14(10)12(15)17/h8-10H,6-7H2,1-5H3/t8-,9-,10+/m1/s1. The van der Waals surface area contributed by atoms with Crippen LogP contribution in [-0.2, 0) is 9.53 Å². The Morgan fingerprint density at radius 3 is 2.39 bits per heavy atom. The van der Waals surface area contributed by atoms with Crippen LogP contribution in [0.1, 0.15) is 34.1 Å². The van der Waals surface area contributed by atoms with Crippen molar-refractivity contribution in [2.24, 2.45) is 5.41 Å². The Hall–Kier alpha value is -1.10. The lowest BCUT2D eigenvalue weighted by atomic mass is 9.87. The van der Waals surface area contributed by atoms with Crippen LogP contribution in [0.4, 0.5) is 4.79 Å². The van der Waals surface area contributed by atoms with Crippen molar-refractivity contribution in [3.8, 4) is 0 Å². The van der Waals surface area contributed by atoms with E-state index in [2.05, 4.69) is 0 Å². The summed E-state index contributed by atoms with van der Waals surface area (Å²) in [4.78, 5) is 27.8. The maximum absolute atomic E-state index is 12.4. The van der Waals surface area contributed by atoms with Crippen molar-refractivity contribution in [1.82, 2.24) is 9.80 Å². The minimum Gasteiger partial charge on any atom is -0.380 e. The third-order valence-corrected chi connectivity index (χ3v) is 4.21. The zero-order valence-electron chi connectivity index (χ0n) is 11.8. The Balaban J connectivity index is 2.19. The van der Waals surface area contributed by atoms with Crippen LogP contribution in [0.15, 0.2) is 0 Å². The second-order valence-electron chi connectivity index (χ2n) is 6.29. The summed E-state index contributed by atoms with van der Waals surface area (Å²) in [6.07, 6.45) is 0.615. The number of ether oxygens (including phenoxy) is 1. The van der Waals surface area contributed by atoms with E-state index in [9.17, 15) is 9.59 Å². The number of carbonyl (C=O) groups excluding carboxylic acids is 2. The number of amides is 3. The van der Waals surface area contributed by atoms with E-state index >= 15 is 0 Å². The molecule has 2 aliphatic rings. The van der Waals surface area contributed by atoms with Gasteiger partial charge in [-0.25, -0.2) is 4.79 Å². The van der Waals surface area contributed by atoms with Crippen molar-refractivity contribution in [3.05, 3.63) is 0 Å². The highest BCUT2D eigenvalue weighted by molar-refractivity contribution is 6.05. The Kier molecular flexibility index (Phi) is 3.13. The van der Waals surface area contributed by atoms with E-state index in [-0.39, 0.29) is 35.5 Å². The molecule has 0 aromatic heterocycles. The van der Waals surface area contributed by atoms with E-state index in [4.69, 9.17) is 4.74 Å². The summed E-state index contributed by atoms with van der Waals surface area (Å²) in [6.45, 7) is 8.59. The Bertz CT molecular complexity index is 351. The molecule has 0 unspecified atom stereocenters. The highest BCUT2D eigenvalue weighted by Gasteiger charge is 2.53. The van der Waals surface area contributed by atoms with Crippen molar-refractivity contribution < 1.29 is 14.3 Å². The fourth-order valence-corrected chi connectivity index (χ4v) is 2.55. The molecule has 0 radical (unpaired) electrons. The zero-order chi connectivity index (χ0) is 13.7. The number of carbonyl (C=O) groups is 2. The number of imide groups is 1. The fraction of sp³-hybridized carbons (Fsp3) is 0.846. The number of rotatable bonds is 2. The highest BCUT2D eigenvalue weighted by atomic mass is 16.5. The van der Waals surface area contributed by atoms with Crippen LogP contribution in [0, 0.1) is 5.41 Å². The second kappa shape index (κ2) is 4.23. The van der Waals surface area contributed by atoms with Gasteiger partial charge in [0.05, 0.1) is 6.10 Å². The predicted molar refractivity (Wildman–Crippen MR) is 67.1 cm³/mol. The number of hydrogen-bond acceptors (Lipinski definition) is 3. The Morgan fingerprint density at radius 2 is 1.94 bits per heavy atom. The average molecular weight is 254 g/mol. The minimum absolute atomic E-state index is 0.00464. The number of urea groups is 1. The smallest absolute Gasteiger partial charge is 0.327 e. The highest BCUT2D eigenvalue weighted by Crippen LogP contribution is 2.34. The van der Waals surface area contributed by atoms with Crippen molar-refractivity contribution in [2.45, 2.75) is 52.3 Å². The van der Waals surface area contributed by atoms with Crippen molar-refractivity contribution in [3.63, 3.8) is 0 Å². The molecule has 2 fully saturated rings. The topological polar surface area (TPSA) is 49.9 Å². The van der Waals surface area contributed by atoms with Gasteiger partial charge in [-0.05, 0) is 12.3 Å². The van der Waals surface area contributed by atoms with Crippen molar-refractivity contribution in [2.75, 3.05) is 13.7 Å². The van der Waals surface area contributed by atoms with Gasteiger partial charge in [0.25, 0.3) is 5.91 Å². The fourth-order valence-electron chi connectivity index (χ4n) is 2.55. The van der Waals surface area contributed by atoms with Gasteiger partial charge in [0.1, 0.15) is 6.04 Å². The molecule has 3 atom stereocenters. The zero-order valence-corrected chi connectivity index (χ0v) is 11.8. The number of methoxy groups -OCH3 is 1. The SMILES string of the molecule is CO[C@@H]1C[C@H]2C(=O)N([C@H](C)C(C)(C)C)C(=O)N2C1. The van der Waals surface area contributed by atoms with Crippen LogP contribution in [0.2, 0.25) is 0 Å². The van der Waals surface area contributed by atoms with Crippen LogP contribution in [0.3, 0.4) is 0 Å². The minimum atomic E-state index is -0.313. The predicted octanol–water partition coefficient (Wildman–Crippen LogP) is 1.47. The van der Waals surface area contributed by atoms with E-state index in [1.807, 2.05) is 27.7 Å². The van der Waals surface area contributed by atoms with Gasteiger partial charge in [-0.15, -0.1) is 0 Å². The molecule has 18 heavy (non-hydrogen) atoms. The summed E-state index contributed by atoms with van der Waals surface area (Å²) >= 11 is 0. The lowest BCUT2D eigenvalue weighted by molar-refractivity contribution is -0.130. The molecule has 102 valence electrons. The van der Waals surface area contributed by atoms with Gasteiger partial charge in [-0.1, -0.05) is 20.8 Å². The van der Waals surface area contributed by atoms with E-state index in [0.717, 1.165) is 0 Å². The molecule has 3 amide bonds. The largest absolute Gasteiger partial charge is 0.380 e. The maximum atomic E-state index is 12.4. The molecule has 0 N–H and O–H groups in total. The molecule has 5 nitrogen and oxygen atoms in total. The molecule has 0 bridgehead atoms. The van der Waals surface area contributed by atoms with Crippen LogP contribution >= 0.6 is 0 Å². The monoisotopic (exact) mass is 254 g/mol. The maximum Gasteiger partial charge on any atom is 0.327 e. The Morgan fingerprint density at radius 1 is 1.33 bits per heavy atom.